The van der Waals surface area contributed by atoms with Gasteiger partial charge in [0.05, 0.1) is 31.0 Å². The van der Waals surface area contributed by atoms with Crippen LogP contribution in [-0.2, 0) is 11.2 Å². The molecule has 0 amide bonds. The first-order valence-corrected chi connectivity index (χ1v) is 13.3. The van der Waals surface area contributed by atoms with Gasteiger partial charge in [-0.1, -0.05) is 56.3 Å². The van der Waals surface area contributed by atoms with E-state index in [1.54, 1.807) is 24.3 Å². The molecule has 0 aromatic heterocycles. The van der Waals surface area contributed by atoms with Crippen molar-refractivity contribution in [2.45, 2.75) is 70.3 Å². The van der Waals surface area contributed by atoms with Crippen LogP contribution in [0.1, 0.15) is 62.3 Å². The molecule has 5 N–H and O–H groups in total. The Balaban J connectivity index is 0.000000862. The maximum Gasteiger partial charge on any atom is 0.171 e. The smallest absolute Gasteiger partial charge is 0.171 e. The molecule has 2 aliphatic rings. The lowest BCUT2D eigenvalue weighted by atomic mass is 9.94. The molecule has 2 heterocycles. The molecule has 0 spiro atoms. The number of aliphatic hydroxyl groups is 4. The summed E-state index contributed by atoms with van der Waals surface area (Å²) >= 11 is 6.31. The Morgan fingerprint density at radius 1 is 1.15 bits per heavy atom. The SMILES string of the molecule is C#C.C=C(O)[C@@H]1CCCN1.CC.CO.OC[C@@H]1C[C@H](O)C[C@H](c2ccc(Cl)c(Cc3ccc(OF)cc3)c2)O1. The fourth-order valence-corrected chi connectivity index (χ4v) is 4.28. The third kappa shape index (κ3) is 12.8. The van der Waals surface area contributed by atoms with Gasteiger partial charge in [0.2, 0.25) is 0 Å². The van der Waals surface area contributed by atoms with E-state index in [0.717, 1.165) is 43.2 Å². The van der Waals surface area contributed by atoms with Gasteiger partial charge in [-0.3, -0.25) is 4.94 Å². The molecule has 2 aromatic carbocycles. The number of aliphatic hydroxyl groups excluding tert-OH is 4. The van der Waals surface area contributed by atoms with Crippen LogP contribution in [0.2, 0.25) is 5.02 Å². The zero-order valence-electron chi connectivity index (χ0n) is 23.0. The van der Waals surface area contributed by atoms with Crippen molar-refractivity contribution in [2.75, 3.05) is 20.3 Å². The number of rotatable bonds is 6. The Kier molecular flexibility index (Phi) is 19.8. The Hall–Kier alpha value is -2.64. The monoisotopic (exact) mass is 567 g/mol. The third-order valence-electron chi connectivity index (χ3n) is 5.89. The molecule has 2 aromatic rings. The van der Waals surface area contributed by atoms with Crippen LogP contribution in [0.5, 0.6) is 5.75 Å². The van der Waals surface area contributed by atoms with Crippen LogP contribution >= 0.6 is 11.6 Å². The van der Waals surface area contributed by atoms with Crippen molar-refractivity contribution in [2.24, 2.45) is 0 Å². The minimum atomic E-state index is -0.497. The van der Waals surface area contributed by atoms with E-state index < -0.39 is 6.10 Å². The lowest BCUT2D eigenvalue weighted by molar-refractivity contribution is -0.113. The Bertz CT molecular complexity index is 950. The van der Waals surface area contributed by atoms with Gasteiger partial charge in [-0.25, -0.2) is 0 Å². The van der Waals surface area contributed by atoms with Crippen LogP contribution in [0.4, 0.5) is 4.53 Å². The summed E-state index contributed by atoms with van der Waals surface area (Å²) in [6, 6.07) is 12.5. The molecule has 218 valence electrons. The van der Waals surface area contributed by atoms with Gasteiger partial charge >= 0.3 is 0 Å². The van der Waals surface area contributed by atoms with Crippen LogP contribution in [-0.4, -0.2) is 58.9 Å². The van der Waals surface area contributed by atoms with Crippen LogP contribution in [0, 0.1) is 12.8 Å². The second kappa shape index (κ2) is 21.2. The Morgan fingerprint density at radius 3 is 2.28 bits per heavy atom. The number of halogens is 2. The van der Waals surface area contributed by atoms with E-state index in [4.69, 9.17) is 26.6 Å². The average Bonchev–Trinajstić information content (AvgIpc) is 3.54. The van der Waals surface area contributed by atoms with Gasteiger partial charge in [0.25, 0.3) is 0 Å². The molecule has 39 heavy (non-hydrogen) atoms. The van der Waals surface area contributed by atoms with Crippen molar-refractivity contribution in [1.29, 1.82) is 0 Å². The van der Waals surface area contributed by atoms with Crippen molar-refractivity contribution in [3.63, 3.8) is 0 Å². The number of hydrogen-bond donors (Lipinski definition) is 5. The second-order valence-electron chi connectivity index (χ2n) is 8.44. The summed E-state index contributed by atoms with van der Waals surface area (Å²) in [5.74, 6) is 0.436. The minimum absolute atomic E-state index is 0.114. The molecule has 2 saturated heterocycles. The number of terminal acetylenes is 1. The highest BCUT2D eigenvalue weighted by Crippen LogP contribution is 2.33. The first kappa shape index (κ1) is 36.4. The second-order valence-corrected chi connectivity index (χ2v) is 8.85. The van der Waals surface area contributed by atoms with Gasteiger partial charge in [-0.15, -0.1) is 12.8 Å². The third-order valence-corrected chi connectivity index (χ3v) is 6.26. The first-order chi connectivity index (χ1) is 18.9. The molecular formula is C30H43ClFNO6. The van der Waals surface area contributed by atoms with Gasteiger partial charge in [0, 0.05) is 29.5 Å². The van der Waals surface area contributed by atoms with Crippen molar-refractivity contribution >= 4 is 11.6 Å². The zero-order valence-corrected chi connectivity index (χ0v) is 23.8. The van der Waals surface area contributed by atoms with Crippen LogP contribution < -0.4 is 10.3 Å². The van der Waals surface area contributed by atoms with Crippen LogP contribution in [0.25, 0.3) is 0 Å². The predicted molar refractivity (Wildman–Crippen MR) is 155 cm³/mol. The molecule has 2 fully saturated rings. The lowest BCUT2D eigenvalue weighted by Crippen LogP contribution is -2.33. The molecule has 9 heteroatoms. The normalized spacial score (nSPS) is 21.2. The van der Waals surface area contributed by atoms with E-state index in [0.29, 0.717) is 24.3 Å². The summed E-state index contributed by atoms with van der Waals surface area (Å²) in [6.07, 6.45) is 10.6. The molecule has 4 atom stereocenters. The van der Waals surface area contributed by atoms with E-state index in [-0.39, 0.29) is 36.4 Å². The molecule has 7 nitrogen and oxygen atoms in total. The fourth-order valence-electron chi connectivity index (χ4n) is 4.10. The largest absolute Gasteiger partial charge is 0.511 e. The van der Waals surface area contributed by atoms with E-state index in [1.165, 1.54) is 0 Å². The van der Waals surface area contributed by atoms with Crippen LogP contribution in [0.15, 0.2) is 54.8 Å². The number of hydrogen-bond acceptors (Lipinski definition) is 7. The summed E-state index contributed by atoms with van der Waals surface area (Å²) in [4.78, 5) is 3.69. The maximum atomic E-state index is 12.1. The predicted octanol–water partition coefficient (Wildman–Crippen LogP) is 5.46. The zero-order chi connectivity index (χ0) is 29.8. The number of nitrogens with one attached hydrogen (secondary N) is 1. The van der Waals surface area contributed by atoms with Crippen LogP contribution in [0.3, 0.4) is 0 Å². The minimum Gasteiger partial charge on any atom is -0.511 e. The quantitative estimate of drug-likeness (QED) is 0.233. The Morgan fingerprint density at radius 2 is 1.79 bits per heavy atom. The maximum absolute atomic E-state index is 12.1. The average molecular weight is 568 g/mol. The molecular weight excluding hydrogens is 525 g/mol. The molecule has 0 aliphatic carbocycles. The van der Waals surface area contributed by atoms with Crippen molar-refractivity contribution in [1.82, 2.24) is 5.32 Å². The highest BCUT2D eigenvalue weighted by molar-refractivity contribution is 6.31. The molecule has 0 radical (unpaired) electrons. The van der Waals surface area contributed by atoms with E-state index in [2.05, 4.69) is 29.7 Å². The number of ether oxygens (including phenoxy) is 1. The van der Waals surface area contributed by atoms with Gasteiger partial charge in [0.15, 0.2) is 5.75 Å². The summed E-state index contributed by atoms with van der Waals surface area (Å²) in [5, 5.41) is 38.8. The summed E-state index contributed by atoms with van der Waals surface area (Å²) in [7, 11) is 1.00. The molecule has 0 saturated carbocycles. The topological polar surface area (TPSA) is 111 Å². The summed E-state index contributed by atoms with van der Waals surface area (Å²) in [5.41, 5.74) is 2.80. The van der Waals surface area contributed by atoms with Crippen molar-refractivity contribution in [3.8, 4) is 18.6 Å². The van der Waals surface area contributed by atoms with Crippen molar-refractivity contribution in [3.05, 3.63) is 76.5 Å². The van der Waals surface area contributed by atoms with Gasteiger partial charge in [0.1, 0.15) is 5.76 Å². The van der Waals surface area contributed by atoms with E-state index >= 15 is 0 Å². The van der Waals surface area contributed by atoms with Crippen molar-refractivity contribution < 1.29 is 34.6 Å². The Labute approximate surface area is 237 Å². The van der Waals surface area contributed by atoms with Gasteiger partial charge < -0.3 is 30.5 Å². The molecule has 2 aliphatic heterocycles. The summed E-state index contributed by atoms with van der Waals surface area (Å²) in [6.45, 7) is 8.33. The fraction of sp³-hybridized carbons (Fsp3) is 0.467. The van der Waals surface area contributed by atoms with E-state index in [1.807, 2.05) is 32.0 Å². The lowest BCUT2D eigenvalue weighted by Gasteiger charge is -2.32. The first-order valence-electron chi connectivity index (χ1n) is 12.9. The molecule has 0 bridgehead atoms. The van der Waals surface area contributed by atoms with Gasteiger partial charge in [-0.05, 0) is 60.7 Å². The standard InChI is InChI=1S/C19H20ClFO4.C6H11NO.C2H6.C2H2.CH4O/c20-18-6-3-13(19-10-15(23)9-17(11-22)24-19)8-14(18)7-12-1-4-16(25-21)5-2-12;1-5(8)6-3-2-4-7-6;3*1-2/h1-6,8,15,17,19,22-23H,7,9-11H2;6-8H,1-4H2;1-2H3;1-2H;2H,1H3/t15-,17-,19+;6-;;;/m00.../s1. The highest BCUT2D eigenvalue weighted by Gasteiger charge is 2.29. The summed E-state index contributed by atoms with van der Waals surface area (Å²) < 4.78 is 18.0. The highest BCUT2D eigenvalue weighted by atomic mass is 35.5. The van der Waals surface area contributed by atoms with E-state index in [9.17, 15) is 14.7 Å². The van der Waals surface area contributed by atoms with Gasteiger partial charge in [-0.2, -0.15) is 0 Å². The molecule has 4 rings (SSSR count). The molecule has 0 unspecified atom stereocenters. The number of benzene rings is 2.